The zero-order valence-electron chi connectivity index (χ0n) is 10.2. The molecule has 0 saturated carbocycles. The van der Waals surface area contributed by atoms with Crippen molar-refractivity contribution in [2.45, 2.75) is 13.5 Å². The molecule has 1 heterocycles. The Morgan fingerprint density at radius 3 is 3.00 bits per heavy atom. The maximum atomic E-state index is 11.9. The number of carbonyl (C=O) groups excluding carboxylic acids is 1. The second-order valence-corrected chi connectivity index (χ2v) is 3.83. The van der Waals surface area contributed by atoms with Gasteiger partial charge in [0.15, 0.2) is 0 Å². The van der Waals surface area contributed by atoms with Crippen molar-refractivity contribution in [3.8, 4) is 0 Å². The van der Waals surface area contributed by atoms with E-state index >= 15 is 0 Å². The lowest BCUT2D eigenvalue weighted by Gasteiger charge is -2.04. The van der Waals surface area contributed by atoms with E-state index in [-0.39, 0.29) is 11.9 Å². The van der Waals surface area contributed by atoms with Crippen molar-refractivity contribution in [2.75, 3.05) is 12.4 Å². The maximum Gasteiger partial charge on any atom is 0.258 e. The van der Waals surface area contributed by atoms with Gasteiger partial charge in [-0.05, 0) is 24.6 Å². The summed E-state index contributed by atoms with van der Waals surface area (Å²) < 4.78 is 5.02. The summed E-state index contributed by atoms with van der Waals surface area (Å²) in [4.78, 5) is 15.9. The molecule has 1 aromatic carbocycles. The molecule has 0 bridgehead atoms. The fourth-order valence-corrected chi connectivity index (χ4v) is 1.54. The van der Waals surface area contributed by atoms with E-state index in [1.54, 1.807) is 26.2 Å². The van der Waals surface area contributed by atoms with Gasteiger partial charge in [0.2, 0.25) is 5.95 Å². The van der Waals surface area contributed by atoms with E-state index in [0.29, 0.717) is 18.0 Å². The molecule has 0 spiro atoms. The number of carbonyl (C=O) groups is 1. The Kier molecular flexibility index (Phi) is 3.69. The largest absolute Gasteiger partial charge is 0.380 e. The van der Waals surface area contributed by atoms with Gasteiger partial charge in [0.1, 0.15) is 5.82 Å². The van der Waals surface area contributed by atoms with Crippen molar-refractivity contribution in [2.24, 2.45) is 0 Å². The predicted octanol–water partition coefficient (Wildman–Crippen LogP) is 1.51. The summed E-state index contributed by atoms with van der Waals surface area (Å²) in [6.45, 7) is 2.24. The summed E-state index contributed by atoms with van der Waals surface area (Å²) in [5, 5.41) is 9.12. The second-order valence-electron chi connectivity index (χ2n) is 3.83. The summed E-state index contributed by atoms with van der Waals surface area (Å²) >= 11 is 0. The lowest BCUT2D eigenvalue weighted by molar-refractivity contribution is 0.102. The van der Waals surface area contributed by atoms with E-state index in [0.717, 1.165) is 5.56 Å². The standard InChI is InChI=1S/C12H14N4O2/c1-8-13-12(16-15-8)14-11(17)10-5-3-4-9(6-10)7-18-2/h3-6H,7H2,1-2H3,(H2,13,14,15,16,17). The van der Waals surface area contributed by atoms with Gasteiger partial charge in [0.25, 0.3) is 5.91 Å². The van der Waals surface area contributed by atoms with Crippen molar-refractivity contribution in [3.05, 3.63) is 41.2 Å². The van der Waals surface area contributed by atoms with E-state index in [2.05, 4.69) is 20.5 Å². The Morgan fingerprint density at radius 2 is 2.33 bits per heavy atom. The number of anilines is 1. The predicted molar refractivity (Wildman–Crippen MR) is 66.2 cm³/mol. The molecule has 2 rings (SSSR count). The number of ether oxygens (including phenoxy) is 1. The highest BCUT2D eigenvalue weighted by Gasteiger charge is 2.09. The maximum absolute atomic E-state index is 11.9. The van der Waals surface area contributed by atoms with E-state index in [1.807, 2.05) is 12.1 Å². The van der Waals surface area contributed by atoms with Crippen LogP contribution in [-0.4, -0.2) is 28.2 Å². The first-order valence-electron chi connectivity index (χ1n) is 5.47. The van der Waals surface area contributed by atoms with Gasteiger partial charge in [-0.3, -0.25) is 15.2 Å². The first kappa shape index (κ1) is 12.3. The zero-order chi connectivity index (χ0) is 13.0. The quantitative estimate of drug-likeness (QED) is 0.857. The van der Waals surface area contributed by atoms with E-state index in [1.165, 1.54) is 0 Å². The molecule has 0 aliphatic heterocycles. The van der Waals surface area contributed by atoms with Gasteiger partial charge in [-0.25, -0.2) is 0 Å². The molecule has 18 heavy (non-hydrogen) atoms. The molecule has 0 aliphatic carbocycles. The number of amides is 1. The molecule has 1 amide bonds. The summed E-state index contributed by atoms with van der Waals surface area (Å²) in [5.74, 6) is 0.681. The highest BCUT2D eigenvalue weighted by Crippen LogP contribution is 2.08. The number of H-pyrrole nitrogens is 1. The van der Waals surface area contributed by atoms with Crippen LogP contribution in [0.1, 0.15) is 21.7 Å². The minimum atomic E-state index is -0.244. The van der Waals surface area contributed by atoms with Gasteiger partial charge >= 0.3 is 0 Å². The molecule has 0 atom stereocenters. The van der Waals surface area contributed by atoms with Crippen molar-refractivity contribution in [3.63, 3.8) is 0 Å². The third-order valence-electron chi connectivity index (χ3n) is 2.32. The van der Waals surface area contributed by atoms with Crippen LogP contribution in [0.15, 0.2) is 24.3 Å². The van der Waals surface area contributed by atoms with Crippen molar-refractivity contribution >= 4 is 11.9 Å². The van der Waals surface area contributed by atoms with Crippen LogP contribution in [0.25, 0.3) is 0 Å². The van der Waals surface area contributed by atoms with E-state index < -0.39 is 0 Å². The van der Waals surface area contributed by atoms with Crippen molar-refractivity contribution in [1.82, 2.24) is 15.2 Å². The first-order valence-corrected chi connectivity index (χ1v) is 5.47. The molecule has 0 unspecified atom stereocenters. The van der Waals surface area contributed by atoms with Gasteiger partial charge in [-0.2, -0.15) is 4.98 Å². The van der Waals surface area contributed by atoms with Gasteiger partial charge < -0.3 is 4.74 Å². The lowest BCUT2D eigenvalue weighted by Crippen LogP contribution is -2.13. The summed E-state index contributed by atoms with van der Waals surface area (Å²) in [6.07, 6.45) is 0. The number of aromatic nitrogens is 3. The van der Waals surface area contributed by atoms with Crippen LogP contribution in [0.3, 0.4) is 0 Å². The molecule has 2 N–H and O–H groups in total. The monoisotopic (exact) mass is 246 g/mol. The fraction of sp³-hybridized carbons (Fsp3) is 0.250. The molecule has 6 nitrogen and oxygen atoms in total. The van der Waals surface area contributed by atoms with Gasteiger partial charge in [0.05, 0.1) is 6.61 Å². The topological polar surface area (TPSA) is 79.9 Å². The van der Waals surface area contributed by atoms with E-state index in [9.17, 15) is 4.79 Å². The third kappa shape index (κ3) is 2.92. The molecule has 94 valence electrons. The number of rotatable bonds is 4. The van der Waals surface area contributed by atoms with Crippen molar-refractivity contribution in [1.29, 1.82) is 0 Å². The fourth-order valence-electron chi connectivity index (χ4n) is 1.54. The minimum Gasteiger partial charge on any atom is -0.380 e. The zero-order valence-corrected chi connectivity index (χ0v) is 10.2. The third-order valence-corrected chi connectivity index (χ3v) is 2.32. The second kappa shape index (κ2) is 5.42. The number of benzene rings is 1. The first-order chi connectivity index (χ1) is 8.69. The highest BCUT2D eigenvalue weighted by molar-refractivity contribution is 6.03. The highest BCUT2D eigenvalue weighted by atomic mass is 16.5. The SMILES string of the molecule is COCc1cccc(C(=O)Nc2n[nH]c(C)n2)c1. The smallest absolute Gasteiger partial charge is 0.258 e. The number of aromatic amines is 1. The molecule has 6 heteroatoms. The Morgan fingerprint density at radius 1 is 1.50 bits per heavy atom. The van der Waals surface area contributed by atoms with Crippen LogP contribution in [0.4, 0.5) is 5.95 Å². The Labute approximate surface area is 104 Å². The average molecular weight is 246 g/mol. The molecule has 0 radical (unpaired) electrons. The van der Waals surface area contributed by atoms with E-state index in [4.69, 9.17) is 4.74 Å². The number of methoxy groups -OCH3 is 1. The molecule has 0 aliphatic rings. The molecule has 2 aromatic rings. The number of nitrogens with zero attached hydrogens (tertiary/aromatic N) is 2. The van der Waals surface area contributed by atoms with Gasteiger partial charge in [-0.1, -0.05) is 12.1 Å². The molecule has 0 fully saturated rings. The van der Waals surface area contributed by atoms with Crippen LogP contribution in [0, 0.1) is 6.92 Å². The van der Waals surface area contributed by atoms with Crippen LogP contribution >= 0.6 is 0 Å². The normalized spacial score (nSPS) is 10.3. The Balaban J connectivity index is 2.11. The van der Waals surface area contributed by atoms with Crippen LogP contribution in [0.5, 0.6) is 0 Å². The molecule has 0 saturated heterocycles. The van der Waals surface area contributed by atoms with Crippen LogP contribution < -0.4 is 5.32 Å². The minimum absolute atomic E-state index is 0.244. The summed E-state index contributed by atoms with van der Waals surface area (Å²) in [7, 11) is 1.61. The number of aryl methyl sites for hydroxylation is 1. The average Bonchev–Trinajstić information content (AvgIpc) is 2.75. The Bertz CT molecular complexity index is 551. The van der Waals surface area contributed by atoms with Gasteiger partial charge in [0, 0.05) is 12.7 Å². The van der Waals surface area contributed by atoms with Crippen LogP contribution in [-0.2, 0) is 11.3 Å². The number of nitrogens with one attached hydrogen (secondary N) is 2. The molecular formula is C12H14N4O2. The Hall–Kier alpha value is -2.21. The van der Waals surface area contributed by atoms with Crippen molar-refractivity contribution < 1.29 is 9.53 Å². The summed E-state index contributed by atoms with van der Waals surface area (Å²) in [5.41, 5.74) is 1.49. The van der Waals surface area contributed by atoms with Crippen LogP contribution in [0.2, 0.25) is 0 Å². The number of hydrogen-bond donors (Lipinski definition) is 2. The summed E-state index contributed by atoms with van der Waals surface area (Å²) in [6, 6.07) is 7.22. The molecule has 1 aromatic heterocycles. The van der Waals surface area contributed by atoms with Gasteiger partial charge in [-0.15, -0.1) is 5.10 Å². The number of hydrogen-bond acceptors (Lipinski definition) is 4. The molecular weight excluding hydrogens is 232 g/mol. The lowest BCUT2D eigenvalue weighted by atomic mass is 10.1.